The van der Waals surface area contributed by atoms with E-state index in [1.807, 2.05) is 0 Å². The van der Waals surface area contributed by atoms with Gasteiger partial charge in [-0.15, -0.1) is 24.8 Å². The lowest BCUT2D eigenvalue weighted by atomic mass is 10.2. The number of likely N-dealkylation sites (tertiary alicyclic amines) is 1. The number of nitrogens with one attached hydrogen (secondary N) is 1. The number of hydrogen-bond donors (Lipinski definition) is 1. The molecule has 2 heterocycles. The second-order valence-corrected chi connectivity index (χ2v) is 3.88. The molecule has 0 aliphatic carbocycles. The van der Waals surface area contributed by atoms with Gasteiger partial charge in [-0.1, -0.05) is 0 Å². The molecule has 2 aliphatic heterocycles. The fraction of sp³-hybridized carbons (Fsp3) is 1.00. The first-order chi connectivity index (χ1) is 5.38. The van der Waals surface area contributed by atoms with Gasteiger partial charge in [0.25, 0.3) is 0 Å². The van der Waals surface area contributed by atoms with E-state index in [0.717, 1.165) is 12.1 Å². The predicted octanol–water partition coefficient (Wildman–Crippen LogP) is 1.68. The van der Waals surface area contributed by atoms with Crippen molar-refractivity contribution in [3.63, 3.8) is 0 Å². The summed E-state index contributed by atoms with van der Waals surface area (Å²) in [6.45, 7) is 6.16. The van der Waals surface area contributed by atoms with Crippen molar-refractivity contribution < 1.29 is 0 Å². The van der Waals surface area contributed by atoms with Gasteiger partial charge in [0.2, 0.25) is 0 Å². The summed E-state index contributed by atoms with van der Waals surface area (Å²) in [5, 5.41) is 3.43. The maximum atomic E-state index is 3.43. The average Bonchev–Trinajstić information content (AvgIpc) is 2.55. The van der Waals surface area contributed by atoms with Crippen LogP contribution in [0.2, 0.25) is 0 Å². The quantitative estimate of drug-likeness (QED) is 0.733. The minimum atomic E-state index is 0. The highest BCUT2D eigenvalue weighted by atomic mass is 35.5. The Hall–Kier alpha value is 0.500. The van der Waals surface area contributed by atoms with Crippen LogP contribution in [-0.2, 0) is 0 Å². The molecule has 0 bridgehead atoms. The van der Waals surface area contributed by atoms with Gasteiger partial charge in [0.05, 0.1) is 0 Å². The Morgan fingerprint density at radius 2 is 2.00 bits per heavy atom. The fourth-order valence-corrected chi connectivity index (χ4v) is 2.42. The molecule has 2 fully saturated rings. The summed E-state index contributed by atoms with van der Waals surface area (Å²) in [6.07, 6.45) is 4.19. The van der Waals surface area contributed by atoms with E-state index in [-0.39, 0.29) is 24.8 Å². The van der Waals surface area contributed by atoms with Gasteiger partial charge in [0, 0.05) is 18.6 Å². The monoisotopic (exact) mass is 226 g/mol. The molecule has 2 atom stereocenters. The zero-order valence-corrected chi connectivity index (χ0v) is 9.79. The zero-order chi connectivity index (χ0) is 7.68. The van der Waals surface area contributed by atoms with E-state index in [9.17, 15) is 0 Å². The summed E-state index contributed by atoms with van der Waals surface area (Å²) in [4.78, 5) is 2.68. The van der Waals surface area contributed by atoms with Crippen molar-refractivity contribution in [3.05, 3.63) is 0 Å². The molecule has 13 heavy (non-hydrogen) atoms. The van der Waals surface area contributed by atoms with Gasteiger partial charge >= 0.3 is 0 Å². The Morgan fingerprint density at radius 3 is 2.46 bits per heavy atom. The van der Waals surface area contributed by atoms with Crippen LogP contribution >= 0.6 is 24.8 Å². The number of halogens is 2. The van der Waals surface area contributed by atoms with E-state index in [1.54, 1.807) is 0 Å². The largest absolute Gasteiger partial charge is 0.315 e. The fourth-order valence-electron chi connectivity index (χ4n) is 2.42. The van der Waals surface area contributed by atoms with E-state index >= 15 is 0 Å². The van der Waals surface area contributed by atoms with Crippen LogP contribution in [-0.4, -0.2) is 36.6 Å². The van der Waals surface area contributed by atoms with Gasteiger partial charge in [-0.2, -0.15) is 0 Å². The van der Waals surface area contributed by atoms with Crippen molar-refractivity contribution in [3.8, 4) is 0 Å². The van der Waals surface area contributed by atoms with E-state index in [4.69, 9.17) is 0 Å². The summed E-state index contributed by atoms with van der Waals surface area (Å²) >= 11 is 0. The van der Waals surface area contributed by atoms with Crippen molar-refractivity contribution >= 4 is 24.8 Å². The zero-order valence-electron chi connectivity index (χ0n) is 8.16. The van der Waals surface area contributed by atoms with Crippen LogP contribution in [0.3, 0.4) is 0 Å². The van der Waals surface area contributed by atoms with Crippen molar-refractivity contribution in [1.82, 2.24) is 10.2 Å². The lowest BCUT2D eigenvalue weighted by molar-refractivity contribution is 0.202. The SMILES string of the molecule is C[C@H]1CCCN1C1CCNC1.Cl.Cl. The highest BCUT2D eigenvalue weighted by molar-refractivity contribution is 5.85. The Morgan fingerprint density at radius 1 is 1.23 bits per heavy atom. The molecule has 2 aliphatic rings. The molecular weight excluding hydrogens is 207 g/mol. The first kappa shape index (κ1) is 13.5. The first-order valence-corrected chi connectivity index (χ1v) is 4.84. The summed E-state index contributed by atoms with van der Waals surface area (Å²) in [7, 11) is 0. The molecule has 0 aromatic heterocycles. The second-order valence-electron chi connectivity index (χ2n) is 3.88. The summed E-state index contributed by atoms with van der Waals surface area (Å²) in [5.41, 5.74) is 0. The Labute approximate surface area is 93.3 Å². The summed E-state index contributed by atoms with van der Waals surface area (Å²) in [6, 6.07) is 1.70. The van der Waals surface area contributed by atoms with Gasteiger partial charge in [-0.25, -0.2) is 0 Å². The smallest absolute Gasteiger partial charge is 0.0235 e. The summed E-state index contributed by atoms with van der Waals surface area (Å²) in [5.74, 6) is 0. The Bertz CT molecular complexity index is 138. The normalized spacial score (nSPS) is 33.9. The average molecular weight is 227 g/mol. The number of nitrogens with zero attached hydrogens (tertiary/aromatic N) is 1. The third kappa shape index (κ3) is 2.98. The van der Waals surface area contributed by atoms with E-state index < -0.39 is 0 Å². The molecule has 4 heteroatoms. The van der Waals surface area contributed by atoms with Gasteiger partial charge in [-0.05, 0) is 39.3 Å². The Kier molecular flexibility index (Phi) is 6.31. The van der Waals surface area contributed by atoms with Crippen LogP contribution < -0.4 is 5.32 Å². The molecule has 2 nitrogen and oxygen atoms in total. The third-order valence-corrected chi connectivity index (χ3v) is 3.11. The molecule has 0 aromatic carbocycles. The molecule has 80 valence electrons. The van der Waals surface area contributed by atoms with Gasteiger partial charge in [0.1, 0.15) is 0 Å². The van der Waals surface area contributed by atoms with Gasteiger partial charge in [-0.3, -0.25) is 4.90 Å². The van der Waals surface area contributed by atoms with E-state index in [0.29, 0.717) is 0 Å². The third-order valence-electron chi connectivity index (χ3n) is 3.11. The Balaban J connectivity index is 0.000000720. The molecule has 0 radical (unpaired) electrons. The molecule has 2 saturated heterocycles. The van der Waals surface area contributed by atoms with Gasteiger partial charge < -0.3 is 5.32 Å². The topological polar surface area (TPSA) is 15.3 Å². The predicted molar refractivity (Wildman–Crippen MR) is 61.2 cm³/mol. The maximum absolute atomic E-state index is 3.43. The highest BCUT2D eigenvalue weighted by Crippen LogP contribution is 2.21. The lowest BCUT2D eigenvalue weighted by Gasteiger charge is -2.27. The molecule has 0 aromatic rings. The number of hydrogen-bond acceptors (Lipinski definition) is 2. The van der Waals surface area contributed by atoms with Crippen LogP contribution in [0.5, 0.6) is 0 Å². The van der Waals surface area contributed by atoms with Crippen LogP contribution in [0.1, 0.15) is 26.2 Å². The summed E-state index contributed by atoms with van der Waals surface area (Å²) < 4.78 is 0. The second kappa shape index (κ2) is 6.07. The minimum Gasteiger partial charge on any atom is -0.315 e. The van der Waals surface area contributed by atoms with Gasteiger partial charge in [0.15, 0.2) is 0 Å². The van der Waals surface area contributed by atoms with Crippen LogP contribution in [0, 0.1) is 0 Å². The molecule has 2 rings (SSSR count). The molecule has 1 unspecified atom stereocenters. The van der Waals surface area contributed by atoms with Crippen LogP contribution in [0.4, 0.5) is 0 Å². The molecular formula is C9H20Cl2N2. The lowest BCUT2D eigenvalue weighted by Crippen LogP contribution is -2.38. The molecule has 0 saturated carbocycles. The first-order valence-electron chi connectivity index (χ1n) is 4.84. The maximum Gasteiger partial charge on any atom is 0.0235 e. The standard InChI is InChI=1S/C9H18N2.2ClH/c1-8-3-2-6-11(8)9-4-5-10-7-9;;/h8-10H,2-7H2,1H3;2*1H/t8-,9?;;/m0../s1. The molecule has 1 N–H and O–H groups in total. The highest BCUT2D eigenvalue weighted by Gasteiger charge is 2.29. The van der Waals surface area contributed by atoms with Crippen molar-refractivity contribution in [2.45, 2.75) is 38.3 Å². The van der Waals surface area contributed by atoms with Crippen LogP contribution in [0.25, 0.3) is 0 Å². The van der Waals surface area contributed by atoms with Crippen LogP contribution in [0.15, 0.2) is 0 Å². The minimum absolute atomic E-state index is 0. The van der Waals surface area contributed by atoms with E-state index in [2.05, 4.69) is 17.1 Å². The van der Waals surface area contributed by atoms with Crippen molar-refractivity contribution in [2.75, 3.05) is 19.6 Å². The van der Waals surface area contributed by atoms with Crippen molar-refractivity contribution in [2.24, 2.45) is 0 Å². The van der Waals surface area contributed by atoms with Crippen molar-refractivity contribution in [1.29, 1.82) is 0 Å². The molecule has 0 spiro atoms. The van der Waals surface area contributed by atoms with E-state index in [1.165, 1.54) is 38.9 Å². The molecule has 0 amide bonds. The number of rotatable bonds is 1.